The van der Waals surface area contributed by atoms with Gasteiger partial charge in [-0.1, -0.05) is 0 Å². The summed E-state index contributed by atoms with van der Waals surface area (Å²) in [6, 6.07) is 5.50. The van der Waals surface area contributed by atoms with E-state index in [1.807, 2.05) is 41.6 Å². The molecule has 1 aromatic carbocycles. The number of fused-ring (bicyclic) bond motifs is 1. The Hall–Kier alpha value is -3.56. The van der Waals surface area contributed by atoms with Gasteiger partial charge in [-0.3, -0.25) is 0 Å². The average molecular weight is 410 g/mol. The lowest BCUT2D eigenvalue weighted by Gasteiger charge is -2.40. The van der Waals surface area contributed by atoms with Crippen LogP contribution >= 0.6 is 0 Å². The number of hydrogen-bond acceptors (Lipinski definition) is 7. The van der Waals surface area contributed by atoms with Crippen molar-refractivity contribution in [2.75, 3.05) is 42.7 Å². The SMILES string of the molecule is COc1ccc(NC(=O)N2CCN(c3nc(N)nc4c3ncn4C)[C@@H](C)C2)c(C)c1. The molecule has 2 amide bonds. The van der Waals surface area contributed by atoms with E-state index in [9.17, 15) is 4.79 Å². The standard InChI is InChI=1S/C20H26N8O2/c1-12-9-14(30-4)5-6-15(12)23-20(29)27-7-8-28(13(2)10-27)18-16-17(24-19(21)25-18)26(3)11-22-16/h5-6,9,11,13H,7-8,10H2,1-4H3,(H,23,29)(H2,21,24,25)/t13-/m0/s1. The molecule has 4 rings (SSSR count). The van der Waals surface area contributed by atoms with Gasteiger partial charge in [0.25, 0.3) is 0 Å². The number of nitrogens with two attached hydrogens (primary N) is 1. The van der Waals surface area contributed by atoms with Gasteiger partial charge in [0.15, 0.2) is 17.0 Å². The zero-order chi connectivity index (χ0) is 21.4. The summed E-state index contributed by atoms with van der Waals surface area (Å²) in [5, 5.41) is 3.00. The molecule has 158 valence electrons. The summed E-state index contributed by atoms with van der Waals surface area (Å²) < 4.78 is 7.05. The number of hydrogen-bond donors (Lipinski definition) is 2. The fourth-order valence-electron chi connectivity index (χ4n) is 3.76. The highest BCUT2D eigenvalue weighted by Gasteiger charge is 2.30. The third kappa shape index (κ3) is 3.56. The minimum absolute atomic E-state index is 0.0426. The fraction of sp³-hybridized carbons (Fsp3) is 0.400. The predicted molar refractivity (Wildman–Crippen MR) is 116 cm³/mol. The van der Waals surface area contributed by atoms with Crippen molar-refractivity contribution in [1.82, 2.24) is 24.4 Å². The number of imidazole rings is 1. The molecule has 0 spiro atoms. The van der Waals surface area contributed by atoms with E-state index >= 15 is 0 Å². The van der Waals surface area contributed by atoms with Gasteiger partial charge in [0.2, 0.25) is 5.95 Å². The van der Waals surface area contributed by atoms with Gasteiger partial charge in [0.05, 0.1) is 13.4 Å². The van der Waals surface area contributed by atoms with Crippen LogP contribution < -0.4 is 20.7 Å². The highest BCUT2D eigenvalue weighted by atomic mass is 16.5. The van der Waals surface area contributed by atoms with Gasteiger partial charge in [0, 0.05) is 38.4 Å². The molecule has 1 fully saturated rings. The highest BCUT2D eigenvalue weighted by molar-refractivity contribution is 5.91. The summed E-state index contributed by atoms with van der Waals surface area (Å²) in [7, 11) is 3.50. The van der Waals surface area contributed by atoms with E-state index < -0.39 is 0 Å². The van der Waals surface area contributed by atoms with Crippen LogP contribution in [0.5, 0.6) is 5.75 Å². The molecule has 0 unspecified atom stereocenters. The predicted octanol–water partition coefficient (Wildman–Crippen LogP) is 2.01. The smallest absolute Gasteiger partial charge is 0.321 e. The number of nitrogen functional groups attached to an aromatic ring is 1. The number of anilines is 3. The summed E-state index contributed by atoms with van der Waals surface area (Å²) in [6.45, 7) is 5.74. The van der Waals surface area contributed by atoms with Gasteiger partial charge >= 0.3 is 6.03 Å². The maximum absolute atomic E-state index is 12.8. The van der Waals surface area contributed by atoms with Crippen molar-refractivity contribution >= 4 is 34.6 Å². The second-order valence-corrected chi connectivity index (χ2v) is 7.53. The van der Waals surface area contributed by atoms with Gasteiger partial charge in [-0.15, -0.1) is 0 Å². The van der Waals surface area contributed by atoms with E-state index in [2.05, 4.69) is 32.1 Å². The number of piperazine rings is 1. The number of aromatic nitrogens is 4. The molecule has 1 atom stereocenters. The van der Waals surface area contributed by atoms with Gasteiger partial charge < -0.3 is 30.2 Å². The molecule has 3 aromatic rings. The topological polar surface area (TPSA) is 114 Å². The number of nitrogens with one attached hydrogen (secondary N) is 1. The van der Waals surface area contributed by atoms with Crippen molar-refractivity contribution in [3.63, 3.8) is 0 Å². The van der Waals surface area contributed by atoms with Crippen LogP contribution in [-0.2, 0) is 7.05 Å². The monoisotopic (exact) mass is 410 g/mol. The maximum atomic E-state index is 12.8. The number of nitrogens with zero attached hydrogens (tertiary/aromatic N) is 6. The lowest BCUT2D eigenvalue weighted by Crippen LogP contribution is -2.55. The Balaban J connectivity index is 1.49. The minimum atomic E-state index is -0.125. The number of ether oxygens (including phenoxy) is 1. The van der Waals surface area contributed by atoms with E-state index in [4.69, 9.17) is 10.5 Å². The van der Waals surface area contributed by atoms with Gasteiger partial charge in [-0.2, -0.15) is 9.97 Å². The molecule has 0 bridgehead atoms. The Kier molecular flexibility index (Phi) is 5.06. The molecule has 0 aliphatic carbocycles. The number of rotatable bonds is 3. The van der Waals surface area contributed by atoms with Gasteiger partial charge in [0.1, 0.15) is 5.75 Å². The van der Waals surface area contributed by atoms with Crippen LogP contribution in [0.25, 0.3) is 11.2 Å². The second-order valence-electron chi connectivity index (χ2n) is 7.53. The fourth-order valence-corrected chi connectivity index (χ4v) is 3.76. The van der Waals surface area contributed by atoms with Crippen molar-refractivity contribution in [2.24, 2.45) is 7.05 Å². The summed E-state index contributed by atoms with van der Waals surface area (Å²) in [5.41, 5.74) is 9.06. The maximum Gasteiger partial charge on any atom is 0.321 e. The first-order valence-electron chi connectivity index (χ1n) is 9.79. The number of carbonyl (C=O) groups is 1. The zero-order valence-electron chi connectivity index (χ0n) is 17.6. The summed E-state index contributed by atoms with van der Waals surface area (Å²) in [6.07, 6.45) is 1.70. The molecule has 3 heterocycles. The van der Waals surface area contributed by atoms with Crippen molar-refractivity contribution in [2.45, 2.75) is 19.9 Å². The van der Waals surface area contributed by atoms with Crippen LogP contribution in [0, 0.1) is 6.92 Å². The Labute approximate surface area is 174 Å². The first-order valence-corrected chi connectivity index (χ1v) is 9.79. The number of amides is 2. The molecular formula is C20H26N8O2. The third-order valence-electron chi connectivity index (χ3n) is 5.42. The lowest BCUT2D eigenvalue weighted by molar-refractivity contribution is 0.200. The van der Waals surface area contributed by atoms with Crippen LogP contribution in [0.3, 0.4) is 0 Å². The molecule has 1 aliphatic rings. The van der Waals surface area contributed by atoms with Crippen molar-refractivity contribution in [3.8, 4) is 5.75 Å². The average Bonchev–Trinajstić information content (AvgIpc) is 3.09. The molecule has 10 heteroatoms. The Morgan fingerprint density at radius 3 is 2.80 bits per heavy atom. The van der Waals surface area contributed by atoms with E-state index in [0.717, 1.165) is 17.0 Å². The van der Waals surface area contributed by atoms with E-state index in [0.29, 0.717) is 36.6 Å². The third-order valence-corrected chi connectivity index (χ3v) is 5.42. The van der Waals surface area contributed by atoms with Gasteiger partial charge in [-0.05, 0) is 37.6 Å². The lowest BCUT2D eigenvalue weighted by atomic mass is 10.1. The highest BCUT2D eigenvalue weighted by Crippen LogP contribution is 2.27. The van der Waals surface area contributed by atoms with E-state index in [1.165, 1.54) is 0 Å². The molecule has 1 aliphatic heterocycles. The Morgan fingerprint density at radius 2 is 2.10 bits per heavy atom. The molecular weight excluding hydrogens is 384 g/mol. The van der Waals surface area contributed by atoms with Crippen LogP contribution in [0.1, 0.15) is 12.5 Å². The number of carbonyl (C=O) groups excluding carboxylic acids is 1. The van der Waals surface area contributed by atoms with Crippen LogP contribution in [0.4, 0.5) is 22.2 Å². The molecule has 0 radical (unpaired) electrons. The molecule has 0 saturated carbocycles. The molecule has 1 saturated heterocycles. The van der Waals surface area contributed by atoms with Gasteiger partial charge in [-0.25, -0.2) is 9.78 Å². The first kappa shape index (κ1) is 19.7. The second kappa shape index (κ2) is 7.69. The van der Waals surface area contributed by atoms with Crippen molar-refractivity contribution in [1.29, 1.82) is 0 Å². The van der Waals surface area contributed by atoms with Crippen LogP contribution in [0.15, 0.2) is 24.5 Å². The van der Waals surface area contributed by atoms with Crippen molar-refractivity contribution in [3.05, 3.63) is 30.1 Å². The Morgan fingerprint density at radius 1 is 1.30 bits per heavy atom. The number of aryl methyl sites for hydroxylation is 2. The van der Waals surface area contributed by atoms with E-state index in [-0.39, 0.29) is 18.0 Å². The largest absolute Gasteiger partial charge is 0.497 e. The van der Waals surface area contributed by atoms with Crippen molar-refractivity contribution < 1.29 is 9.53 Å². The van der Waals surface area contributed by atoms with Crippen LogP contribution in [0.2, 0.25) is 0 Å². The molecule has 3 N–H and O–H groups in total. The normalized spacial score (nSPS) is 16.7. The number of methoxy groups -OCH3 is 1. The Bertz CT molecular complexity index is 1100. The molecule has 2 aromatic heterocycles. The minimum Gasteiger partial charge on any atom is -0.497 e. The summed E-state index contributed by atoms with van der Waals surface area (Å²) in [4.78, 5) is 29.9. The summed E-state index contributed by atoms with van der Waals surface area (Å²) in [5.74, 6) is 1.68. The number of benzene rings is 1. The quantitative estimate of drug-likeness (QED) is 0.679. The zero-order valence-corrected chi connectivity index (χ0v) is 17.6. The molecule has 30 heavy (non-hydrogen) atoms. The number of urea groups is 1. The van der Waals surface area contributed by atoms with Crippen LogP contribution in [-0.4, -0.2) is 63.2 Å². The first-order chi connectivity index (χ1) is 14.4. The molecule has 10 nitrogen and oxygen atoms in total. The van der Waals surface area contributed by atoms with E-state index in [1.54, 1.807) is 13.4 Å². The summed E-state index contributed by atoms with van der Waals surface area (Å²) >= 11 is 0.